The van der Waals surface area contributed by atoms with E-state index in [-0.39, 0.29) is 36.4 Å². The molecule has 0 saturated heterocycles. The molecule has 0 unspecified atom stereocenters. The maximum atomic E-state index is 13.2. The predicted octanol–water partition coefficient (Wildman–Crippen LogP) is 3.36. The summed E-state index contributed by atoms with van der Waals surface area (Å²) in [6.07, 6.45) is 0.171. The average Bonchev–Trinajstić information content (AvgIpc) is 3.20. The van der Waals surface area contributed by atoms with Gasteiger partial charge in [0.15, 0.2) is 5.13 Å². The molecule has 1 N–H and O–H groups in total. The number of hydrogen-bond acceptors (Lipinski definition) is 7. The van der Waals surface area contributed by atoms with Crippen molar-refractivity contribution in [3.63, 3.8) is 0 Å². The molecule has 4 rings (SSSR count). The first-order valence-corrected chi connectivity index (χ1v) is 9.66. The molecule has 0 aliphatic carbocycles. The van der Waals surface area contributed by atoms with Gasteiger partial charge in [-0.1, -0.05) is 17.4 Å². The Kier molecular flexibility index (Phi) is 4.96. The molecule has 1 aliphatic rings. The van der Waals surface area contributed by atoms with Gasteiger partial charge < -0.3 is 5.32 Å². The number of carbonyl (C=O) groups is 3. The number of aromatic nitrogens is 1. The molecule has 30 heavy (non-hydrogen) atoms. The second-order valence-corrected chi connectivity index (χ2v) is 7.53. The number of nitrogens with one attached hydrogen (secondary N) is 1. The molecule has 0 bridgehead atoms. The minimum absolute atomic E-state index is 0.000213. The number of nitro benzene ring substituents is 1. The second-order valence-electron chi connectivity index (χ2n) is 6.50. The number of rotatable bonds is 6. The van der Waals surface area contributed by atoms with E-state index < -0.39 is 28.2 Å². The van der Waals surface area contributed by atoms with E-state index in [4.69, 9.17) is 0 Å². The Morgan fingerprint density at radius 2 is 2.03 bits per heavy atom. The Morgan fingerprint density at radius 1 is 1.23 bits per heavy atom. The topological polar surface area (TPSA) is 123 Å². The Bertz CT molecular complexity index is 1220. The molecule has 0 spiro atoms. The molecule has 0 atom stereocenters. The molecule has 2 aromatic carbocycles. The highest BCUT2D eigenvalue weighted by molar-refractivity contribution is 7.22. The highest BCUT2D eigenvalue weighted by Gasteiger charge is 2.40. The van der Waals surface area contributed by atoms with Gasteiger partial charge in [0.05, 0.1) is 20.7 Å². The smallest absolute Gasteiger partial charge is 0.282 e. The fourth-order valence-corrected chi connectivity index (χ4v) is 4.11. The summed E-state index contributed by atoms with van der Waals surface area (Å²) in [7, 11) is 0. The quantitative estimate of drug-likeness (QED) is 0.365. The lowest BCUT2D eigenvalue weighted by Crippen LogP contribution is -2.31. The highest BCUT2D eigenvalue weighted by Crippen LogP contribution is 2.31. The van der Waals surface area contributed by atoms with Crippen LogP contribution in [0.25, 0.3) is 10.2 Å². The minimum atomic E-state index is -0.740. The Labute approximate surface area is 172 Å². The molecular formula is C19H13FN4O5S. The van der Waals surface area contributed by atoms with Crippen molar-refractivity contribution in [3.8, 4) is 0 Å². The summed E-state index contributed by atoms with van der Waals surface area (Å²) < 4.78 is 13.8. The van der Waals surface area contributed by atoms with Gasteiger partial charge in [-0.25, -0.2) is 9.37 Å². The molecule has 0 radical (unpaired) electrons. The summed E-state index contributed by atoms with van der Waals surface area (Å²) in [5.74, 6) is -2.13. The molecule has 3 amide bonds. The molecule has 2 heterocycles. The molecule has 0 fully saturated rings. The maximum absolute atomic E-state index is 13.2. The number of halogens is 1. The Hall–Kier alpha value is -3.73. The van der Waals surface area contributed by atoms with Gasteiger partial charge in [0.25, 0.3) is 17.5 Å². The summed E-state index contributed by atoms with van der Waals surface area (Å²) >= 11 is 1.13. The van der Waals surface area contributed by atoms with Crippen molar-refractivity contribution in [1.82, 2.24) is 9.88 Å². The van der Waals surface area contributed by atoms with Crippen LogP contribution in [0, 0.1) is 15.9 Å². The standard InChI is InChI=1S/C19H13FN4O5S/c20-10-6-7-12-14(9-10)30-19(21-12)22-15(25)5-2-8-23-17(26)11-3-1-4-13(24(28)29)16(11)18(23)27/h1,3-4,6-7,9H,2,5,8H2,(H,21,22,25). The lowest BCUT2D eigenvalue weighted by molar-refractivity contribution is -0.385. The average molecular weight is 428 g/mol. The van der Waals surface area contributed by atoms with Crippen LogP contribution in [-0.4, -0.2) is 39.1 Å². The SMILES string of the molecule is O=C(CCCN1C(=O)c2cccc([N+](=O)[O-])c2C1=O)Nc1nc2ccc(F)cc2s1. The van der Waals surface area contributed by atoms with Gasteiger partial charge in [-0.2, -0.15) is 0 Å². The summed E-state index contributed by atoms with van der Waals surface area (Å²) in [4.78, 5) is 52.6. The third-order valence-electron chi connectivity index (χ3n) is 4.56. The normalized spacial score (nSPS) is 13.0. The van der Waals surface area contributed by atoms with Gasteiger partial charge in [-0.05, 0) is 30.7 Å². The zero-order valence-corrected chi connectivity index (χ0v) is 16.1. The molecule has 9 nitrogen and oxygen atoms in total. The van der Waals surface area contributed by atoms with E-state index in [0.29, 0.717) is 15.3 Å². The van der Waals surface area contributed by atoms with Gasteiger partial charge in [0.2, 0.25) is 5.91 Å². The summed E-state index contributed by atoms with van der Waals surface area (Å²) in [5.41, 5.74) is -0.0956. The van der Waals surface area contributed by atoms with Crippen LogP contribution >= 0.6 is 11.3 Å². The van der Waals surface area contributed by atoms with Gasteiger partial charge in [-0.3, -0.25) is 29.4 Å². The summed E-state index contributed by atoms with van der Waals surface area (Å²) in [6.45, 7) is -0.0536. The highest BCUT2D eigenvalue weighted by atomic mass is 32.1. The van der Waals surface area contributed by atoms with E-state index in [0.717, 1.165) is 16.2 Å². The first-order chi connectivity index (χ1) is 14.3. The molecule has 1 aliphatic heterocycles. The van der Waals surface area contributed by atoms with Crippen molar-refractivity contribution >= 4 is 50.1 Å². The summed E-state index contributed by atoms with van der Waals surface area (Å²) in [6, 6.07) is 8.00. The van der Waals surface area contributed by atoms with E-state index in [1.54, 1.807) is 0 Å². The van der Waals surface area contributed by atoms with Crippen LogP contribution < -0.4 is 5.32 Å². The van der Waals surface area contributed by atoms with Crippen molar-refractivity contribution in [2.24, 2.45) is 0 Å². The maximum Gasteiger partial charge on any atom is 0.282 e. The van der Waals surface area contributed by atoms with E-state index in [1.165, 1.54) is 36.4 Å². The van der Waals surface area contributed by atoms with E-state index in [1.807, 2.05) is 0 Å². The fourth-order valence-electron chi connectivity index (χ4n) is 3.20. The van der Waals surface area contributed by atoms with Crippen LogP contribution in [0.4, 0.5) is 15.2 Å². The first kappa shape index (κ1) is 19.6. The second kappa shape index (κ2) is 7.59. The van der Waals surface area contributed by atoms with Crippen LogP contribution in [0.2, 0.25) is 0 Å². The zero-order chi connectivity index (χ0) is 21.4. The van der Waals surface area contributed by atoms with Crippen LogP contribution in [0.15, 0.2) is 36.4 Å². The van der Waals surface area contributed by atoms with Crippen LogP contribution in [-0.2, 0) is 4.79 Å². The Balaban J connectivity index is 1.37. The number of thiazole rings is 1. The molecular weight excluding hydrogens is 415 g/mol. The number of benzene rings is 2. The number of amides is 3. The number of fused-ring (bicyclic) bond motifs is 2. The van der Waals surface area contributed by atoms with Crippen molar-refractivity contribution in [3.05, 3.63) is 63.5 Å². The van der Waals surface area contributed by atoms with E-state index in [9.17, 15) is 28.9 Å². The molecule has 11 heteroatoms. The minimum Gasteiger partial charge on any atom is -0.302 e. The van der Waals surface area contributed by atoms with Crippen LogP contribution in [0.3, 0.4) is 0 Å². The predicted molar refractivity (Wildman–Crippen MR) is 106 cm³/mol. The van der Waals surface area contributed by atoms with Crippen LogP contribution in [0.5, 0.6) is 0 Å². The van der Waals surface area contributed by atoms with E-state index >= 15 is 0 Å². The lowest BCUT2D eigenvalue weighted by atomic mass is 10.1. The van der Waals surface area contributed by atoms with Crippen molar-refractivity contribution in [2.75, 3.05) is 11.9 Å². The number of imide groups is 1. The molecule has 152 valence electrons. The number of nitrogens with zero attached hydrogens (tertiary/aromatic N) is 3. The molecule has 3 aromatic rings. The first-order valence-electron chi connectivity index (χ1n) is 8.84. The summed E-state index contributed by atoms with van der Waals surface area (Å²) in [5, 5.41) is 14.0. The number of hydrogen-bond donors (Lipinski definition) is 1. The van der Waals surface area contributed by atoms with Gasteiger partial charge in [0, 0.05) is 19.0 Å². The lowest BCUT2D eigenvalue weighted by Gasteiger charge is -2.13. The third kappa shape index (κ3) is 3.50. The van der Waals surface area contributed by atoms with Crippen molar-refractivity contribution < 1.29 is 23.7 Å². The van der Waals surface area contributed by atoms with E-state index in [2.05, 4.69) is 10.3 Å². The molecule has 1 aromatic heterocycles. The van der Waals surface area contributed by atoms with Crippen molar-refractivity contribution in [1.29, 1.82) is 0 Å². The largest absolute Gasteiger partial charge is 0.302 e. The van der Waals surface area contributed by atoms with Gasteiger partial charge in [0.1, 0.15) is 11.4 Å². The number of anilines is 1. The monoisotopic (exact) mass is 428 g/mol. The molecule has 0 saturated carbocycles. The number of nitro groups is 1. The Morgan fingerprint density at radius 3 is 2.80 bits per heavy atom. The fraction of sp³-hybridized carbons (Fsp3) is 0.158. The van der Waals surface area contributed by atoms with Gasteiger partial charge in [-0.15, -0.1) is 0 Å². The number of carbonyl (C=O) groups excluding carboxylic acids is 3. The van der Waals surface area contributed by atoms with Crippen molar-refractivity contribution in [2.45, 2.75) is 12.8 Å². The van der Waals surface area contributed by atoms with Gasteiger partial charge >= 0.3 is 0 Å². The third-order valence-corrected chi connectivity index (χ3v) is 5.49. The van der Waals surface area contributed by atoms with Crippen LogP contribution in [0.1, 0.15) is 33.6 Å². The zero-order valence-electron chi connectivity index (χ0n) is 15.3.